The van der Waals surface area contributed by atoms with E-state index in [0.29, 0.717) is 12.1 Å². The molecule has 0 unspecified atom stereocenters. The van der Waals surface area contributed by atoms with E-state index in [2.05, 4.69) is 9.47 Å². The van der Waals surface area contributed by atoms with Crippen LogP contribution in [-0.4, -0.2) is 18.8 Å². The molecule has 0 aliphatic heterocycles. The van der Waals surface area contributed by atoms with Crippen molar-refractivity contribution < 1.29 is 23.2 Å². The fraction of sp³-hybridized carbons (Fsp3) is 0.250. The van der Waals surface area contributed by atoms with Crippen molar-refractivity contribution in [3.8, 4) is 5.75 Å². The van der Waals surface area contributed by atoms with Gasteiger partial charge in [0, 0.05) is 13.2 Å². The van der Waals surface area contributed by atoms with Crippen LogP contribution in [0.2, 0.25) is 0 Å². The van der Waals surface area contributed by atoms with Crippen LogP contribution >= 0.6 is 0 Å². The predicted octanol–water partition coefficient (Wildman–Crippen LogP) is 1.86. The zero-order valence-electron chi connectivity index (χ0n) is 7.70. The highest BCUT2D eigenvalue weighted by Gasteiger charge is 2.19. The number of hydrogen-bond donors (Lipinski definition) is 0. The number of halogens is 2. The largest absolute Gasteiger partial charge is 0.464 e. The van der Waals surface area contributed by atoms with E-state index in [-0.39, 0.29) is 6.79 Å². The Balaban J connectivity index is 3.02. The molecule has 1 rings (SSSR count). The van der Waals surface area contributed by atoms with Crippen LogP contribution in [0.1, 0.15) is 0 Å². The first-order valence-corrected chi connectivity index (χ1v) is 3.81. The summed E-state index contributed by atoms with van der Waals surface area (Å²) in [4.78, 5) is 9.22. The van der Waals surface area contributed by atoms with E-state index in [0.717, 1.165) is 0 Å². The number of hydrogen-bond acceptors (Lipinski definition) is 4. The Morgan fingerprint density at radius 1 is 1.40 bits per heavy atom. The second-order valence-electron chi connectivity index (χ2n) is 2.54. The van der Waals surface area contributed by atoms with Crippen molar-refractivity contribution in [2.45, 2.75) is 0 Å². The van der Waals surface area contributed by atoms with Crippen molar-refractivity contribution in [3.05, 3.63) is 33.9 Å². The van der Waals surface area contributed by atoms with Crippen LogP contribution in [-0.2, 0) is 4.74 Å². The molecule has 0 saturated heterocycles. The van der Waals surface area contributed by atoms with Gasteiger partial charge in [-0.15, -0.1) is 0 Å². The van der Waals surface area contributed by atoms with E-state index >= 15 is 0 Å². The van der Waals surface area contributed by atoms with Gasteiger partial charge in [-0.2, -0.15) is 4.39 Å². The number of nitro groups is 1. The topological polar surface area (TPSA) is 61.6 Å². The third kappa shape index (κ3) is 2.59. The SMILES string of the molecule is COCOc1cc(F)c([N+](=O)[O-])cc1F. The molecule has 0 fully saturated rings. The van der Waals surface area contributed by atoms with Gasteiger partial charge in [0.2, 0.25) is 5.82 Å². The summed E-state index contributed by atoms with van der Waals surface area (Å²) in [5.41, 5.74) is -0.933. The van der Waals surface area contributed by atoms with Crippen LogP contribution in [0.15, 0.2) is 12.1 Å². The monoisotopic (exact) mass is 219 g/mol. The quantitative estimate of drug-likeness (QED) is 0.440. The minimum Gasteiger partial charge on any atom is -0.464 e. The van der Waals surface area contributed by atoms with E-state index in [1.807, 2.05) is 0 Å². The summed E-state index contributed by atoms with van der Waals surface area (Å²) in [5, 5.41) is 10.2. The summed E-state index contributed by atoms with van der Waals surface area (Å²) >= 11 is 0. The maximum atomic E-state index is 13.1. The maximum Gasteiger partial charge on any atom is 0.307 e. The highest BCUT2D eigenvalue weighted by molar-refractivity contribution is 5.39. The molecule has 1 aromatic carbocycles. The summed E-state index contributed by atoms with van der Waals surface area (Å²) in [6.07, 6.45) is 0. The van der Waals surface area contributed by atoms with Crippen LogP contribution in [0, 0.1) is 21.7 Å². The predicted molar refractivity (Wildman–Crippen MR) is 45.5 cm³/mol. The van der Waals surface area contributed by atoms with E-state index in [1.54, 1.807) is 0 Å². The number of ether oxygens (including phenoxy) is 2. The highest BCUT2D eigenvalue weighted by atomic mass is 19.1. The van der Waals surface area contributed by atoms with E-state index in [9.17, 15) is 18.9 Å². The van der Waals surface area contributed by atoms with Crippen LogP contribution in [0.5, 0.6) is 5.75 Å². The summed E-state index contributed by atoms with van der Waals surface area (Å²) in [6, 6.07) is 1.06. The van der Waals surface area contributed by atoms with Crippen molar-refractivity contribution in [1.29, 1.82) is 0 Å². The lowest BCUT2D eigenvalue weighted by molar-refractivity contribution is -0.387. The molecule has 0 aliphatic rings. The Kier molecular flexibility index (Phi) is 3.51. The normalized spacial score (nSPS) is 10.1. The number of rotatable bonds is 4. The summed E-state index contributed by atoms with van der Waals surface area (Å²) in [5.74, 6) is -2.60. The van der Waals surface area contributed by atoms with Gasteiger partial charge < -0.3 is 9.47 Å². The molecule has 82 valence electrons. The smallest absolute Gasteiger partial charge is 0.307 e. The van der Waals surface area contributed by atoms with E-state index < -0.39 is 28.0 Å². The fourth-order valence-corrected chi connectivity index (χ4v) is 0.891. The van der Waals surface area contributed by atoms with Crippen LogP contribution in [0.25, 0.3) is 0 Å². The van der Waals surface area contributed by atoms with Gasteiger partial charge in [-0.05, 0) is 0 Å². The first-order chi connectivity index (χ1) is 7.06. The Hall–Kier alpha value is -1.76. The molecule has 0 spiro atoms. The summed E-state index contributed by atoms with van der Waals surface area (Å²) < 4.78 is 35.2. The lowest BCUT2D eigenvalue weighted by Gasteiger charge is -2.05. The first-order valence-electron chi connectivity index (χ1n) is 3.81. The Morgan fingerprint density at radius 2 is 2.07 bits per heavy atom. The summed E-state index contributed by atoms with van der Waals surface area (Å²) in [6.45, 7) is -0.270. The van der Waals surface area contributed by atoms with Crippen LogP contribution < -0.4 is 4.74 Å². The number of nitro benzene ring substituents is 1. The molecule has 0 radical (unpaired) electrons. The minimum atomic E-state index is -1.16. The highest BCUT2D eigenvalue weighted by Crippen LogP contribution is 2.26. The lowest BCUT2D eigenvalue weighted by atomic mass is 10.3. The van der Waals surface area contributed by atoms with Crippen molar-refractivity contribution >= 4 is 5.69 Å². The number of methoxy groups -OCH3 is 1. The zero-order chi connectivity index (χ0) is 11.4. The minimum absolute atomic E-state index is 0.270. The molecular weight excluding hydrogens is 212 g/mol. The van der Waals surface area contributed by atoms with Gasteiger partial charge >= 0.3 is 5.69 Å². The van der Waals surface area contributed by atoms with Crippen molar-refractivity contribution in [2.24, 2.45) is 0 Å². The van der Waals surface area contributed by atoms with Gasteiger partial charge in [0.1, 0.15) is 0 Å². The molecule has 1 aromatic rings. The third-order valence-corrected chi connectivity index (χ3v) is 1.53. The Bertz CT molecular complexity index is 383. The van der Waals surface area contributed by atoms with Gasteiger partial charge in [-0.25, -0.2) is 4.39 Å². The van der Waals surface area contributed by atoms with Crippen LogP contribution in [0.3, 0.4) is 0 Å². The van der Waals surface area contributed by atoms with E-state index in [4.69, 9.17) is 0 Å². The number of nitrogens with zero attached hydrogens (tertiary/aromatic N) is 1. The van der Waals surface area contributed by atoms with Crippen molar-refractivity contribution in [3.63, 3.8) is 0 Å². The fourth-order valence-electron chi connectivity index (χ4n) is 0.891. The molecule has 0 heterocycles. The molecule has 7 heteroatoms. The standard InChI is InChI=1S/C8H7F2NO4/c1-14-4-15-8-3-5(9)7(11(12)13)2-6(8)10/h2-3H,4H2,1H3. The van der Waals surface area contributed by atoms with Crippen LogP contribution in [0.4, 0.5) is 14.5 Å². The molecule has 5 nitrogen and oxygen atoms in total. The van der Waals surface area contributed by atoms with Gasteiger partial charge in [-0.3, -0.25) is 10.1 Å². The lowest BCUT2D eigenvalue weighted by Crippen LogP contribution is -2.02. The zero-order valence-corrected chi connectivity index (χ0v) is 7.70. The molecule has 0 atom stereocenters. The molecule has 0 amide bonds. The molecule has 0 aromatic heterocycles. The molecule has 0 N–H and O–H groups in total. The molecule has 0 bridgehead atoms. The second kappa shape index (κ2) is 4.65. The Labute approximate surface area is 83.4 Å². The number of benzene rings is 1. The molecular formula is C8H7F2NO4. The average molecular weight is 219 g/mol. The van der Waals surface area contributed by atoms with Gasteiger partial charge in [0.15, 0.2) is 18.4 Å². The van der Waals surface area contributed by atoms with E-state index in [1.165, 1.54) is 7.11 Å². The average Bonchev–Trinajstić information content (AvgIpc) is 2.18. The molecule has 0 saturated carbocycles. The summed E-state index contributed by atoms with van der Waals surface area (Å²) in [7, 11) is 1.31. The van der Waals surface area contributed by atoms with Crippen molar-refractivity contribution in [1.82, 2.24) is 0 Å². The van der Waals surface area contributed by atoms with Gasteiger partial charge in [-0.1, -0.05) is 0 Å². The third-order valence-electron chi connectivity index (χ3n) is 1.53. The van der Waals surface area contributed by atoms with Crippen molar-refractivity contribution in [2.75, 3.05) is 13.9 Å². The second-order valence-corrected chi connectivity index (χ2v) is 2.54. The van der Waals surface area contributed by atoms with Gasteiger partial charge in [0.05, 0.1) is 11.0 Å². The maximum absolute atomic E-state index is 13.1. The van der Waals surface area contributed by atoms with Gasteiger partial charge in [0.25, 0.3) is 0 Å². The first kappa shape index (κ1) is 11.3. The molecule has 0 aliphatic carbocycles. The molecule has 15 heavy (non-hydrogen) atoms. The Morgan fingerprint density at radius 3 is 2.60 bits per heavy atom.